The van der Waals surface area contributed by atoms with E-state index in [9.17, 15) is 9.59 Å². The van der Waals surface area contributed by atoms with E-state index in [2.05, 4.69) is 51.5 Å². The van der Waals surface area contributed by atoms with E-state index >= 15 is 0 Å². The van der Waals surface area contributed by atoms with Gasteiger partial charge in [-0.1, -0.05) is 85.0 Å². The molecule has 0 N–H and O–H groups in total. The van der Waals surface area contributed by atoms with Crippen LogP contribution in [0.4, 0.5) is 0 Å². The van der Waals surface area contributed by atoms with Crippen molar-refractivity contribution in [2.45, 2.75) is 155 Å². The van der Waals surface area contributed by atoms with E-state index in [-0.39, 0.29) is 22.8 Å². The summed E-state index contributed by atoms with van der Waals surface area (Å²) in [5.41, 5.74) is 0.376. The summed E-state index contributed by atoms with van der Waals surface area (Å²) >= 11 is 0. The van der Waals surface area contributed by atoms with Gasteiger partial charge >= 0.3 is 0 Å². The van der Waals surface area contributed by atoms with Crippen molar-refractivity contribution in [2.24, 2.45) is 17.3 Å². The number of likely N-dealkylation sites (tertiary alicyclic amines) is 1. The normalized spacial score (nSPS) is 32.6. The Kier molecular flexibility index (Phi) is 10.4. The van der Waals surface area contributed by atoms with Gasteiger partial charge in [-0.25, -0.2) is 0 Å². The molecule has 35 heavy (non-hydrogen) atoms. The van der Waals surface area contributed by atoms with E-state index in [0.29, 0.717) is 30.2 Å². The molecule has 202 valence electrons. The molecule has 0 bridgehead atoms. The standard InChI is InChI=1S/C31H56N2O2/c1-7-8-9-10-11-12-13-14-15-16-17-24-22-25(27-18-19-28(33(24)27)29(35)23-34)26-20-21-32(6)31(4,5)30(26,2)3/h23-28H,7-22H2,1-6H3. The minimum Gasteiger partial charge on any atom is -0.301 e. The molecule has 3 heterocycles. The second-order valence-electron chi connectivity index (χ2n) is 13.2. The first-order valence-electron chi connectivity index (χ1n) is 15.1. The number of piperidine rings is 1. The Labute approximate surface area is 217 Å². The third kappa shape index (κ3) is 6.22. The second kappa shape index (κ2) is 12.7. The number of nitrogens with zero attached hydrogens (tertiary/aromatic N) is 2. The average Bonchev–Trinajstić information content (AvgIpc) is 3.40. The number of rotatable bonds is 14. The second-order valence-corrected chi connectivity index (χ2v) is 13.2. The third-order valence-corrected chi connectivity index (χ3v) is 11.0. The van der Waals surface area contributed by atoms with Crippen LogP contribution in [-0.2, 0) is 9.59 Å². The molecule has 3 aliphatic heterocycles. The van der Waals surface area contributed by atoms with E-state index in [1.54, 1.807) is 0 Å². The van der Waals surface area contributed by atoms with Crippen LogP contribution < -0.4 is 0 Å². The molecule has 5 unspecified atom stereocenters. The smallest absolute Gasteiger partial charge is 0.212 e. The fourth-order valence-corrected chi connectivity index (χ4v) is 8.01. The van der Waals surface area contributed by atoms with E-state index in [1.165, 1.54) is 83.5 Å². The van der Waals surface area contributed by atoms with Crippen molar-refractivity contribution in [3.05, 3.63) is 0 Å². The molecule has 3 fully saturated rings. The van der Waals surface area contributed by atoms with E-state index in [4.69, 9.17) is 0 Å². The molecular weight excluding hydrogens is 432 g/mol. The largest absolute Gasteiger partial charge is 0.301 e. The number of carbonyl (C=O) groups excluding carboxylic acids is 2. The lowest BCUT2D eigenvalue weighted by molar-refractivity contribution is -0.133. The lowest BCUT2D eigenvalue weighted by atomic mass is 9.57. The average molecular weight is 489 g/mol. The quantitative estimate of drug-likeness (QED) is 0.149. The fraction of sp³-hybridized carbons (Fsp3) is 0.935. The monoisotopic (exact) mass is 488 g/mol. The number of ketones is 1. The number of hydrogen-bond donors (Lipinski definition) is 0. The molecule has 4 heteroatoms. The van der Waals surface area contributed by atoms with Crippen LogP contribution in [0.2, 0.25) is 0 Å². The van der Waals surface area contributed by atoms with E-state index < -0.39 is 0 Å². The van der Waals surface area contributed by atoms with Crippen molar-refractivity contribution in [1.29, 1.82) is 0 Å². The Balaban J connectivity index is 1.58. The molecule has 5 atom stereocenters. The molecule has 0 aromatic heterocycles. The fourth-order valence-electron chi connectivity index (χ4n) is 8.01. The molecule has 0 radical (unpaired) electrons. The van der Waals surface area contributed by atoms with Gasteiger partial charge in [-0.3, -0.25) is 14.5 Å². The zero-order chi connectivity index (χ0) is 25.6. The van der Waals surface area contributed by atoms with Gasteiger partial charge in [-0.2, -0.15) is 0 Å². The van der Waals surface area contributed by atoms with Crippen molar-refractivity contribution >= 4 is 12.1 Å². The number of hydrogen-bond acceptors (Lipinski definition) is 4. The van der Waals surface area contributed by atoms with Gasteiger partial charge in [0.2, 0.25) is 5.78 Å². The highest BCUT2D eigenvalue weighted by Crippen LogP contribution is 2.55. The maximum absolute atomic E-state index is 12.6. The van der Waals surface area contributed by atoms with Crippen LogP contribution in [0, 0.1) is 17.3 Å². The van der Waals surface area contributed by atoms with Crippen LogP contribution in [0.5, 0.6) is 0 Å². The Bertz CT molecular complexity index is 687. The van der Waals surface area contributed by atoms with Crippen LogP contribution >= 0.6 is 0 Å². The summed E-state index contributed by atoms with van der Waals surface area (Å²) in [6.45, 7) is 13.2. The lowest BCUT2D eigenvalue weighted by Gasteiger charge is -2.58. The van der Waals surface area contributed by atoms with Crippen LogP contribution in [0.25, 0.3) is 0 Å². The van der Waals surface area contributed by atoms with Crippen LogP contribution in [-0.4, -0.2) is 59.1 Å². The lowest BCUT2D eigenvalue weighted by Crippen LogP contribution is -2.61. The van der Waals surface area contributed by atoms with Gasteiger partial charge in [-0.15, -0.1) is 0 Å². The van der Waals surface area contributed by atoms with Crippen LogP contribution in [0.3, 0.4) is 0 Å². The predicted octanol–water partition coefficient (Wildman–Crippen LogP) is 7.04. The molecule has 0 aromatic carbocycles. The summed E-state index contributed by atoms with van der Waals surface area (Å²) < 4.78 is 0. The molecule has 0 aromatic rings. The first kappa shape index (κ1) is 28.8. The zero-order valence-electron chi connectivity index (χ0n) is 24.0. The topological polar surface area (TPSA) is 40.6 Å². The molecule has 0 amide bonds. The summed E-state index contributed by atoms with van der Waals surface area (Å²) in [4.78, 5) is 29.1. The van der Waals surface area contributed by atoms with E-state index in [0.717, 1.165) is 19.4 Å². The SMILES string of the molecule is CCCCCCCCCCCCC1CC(C2CCN(C)C(C)(C)C2(C)C)C2CCC(C(=O)C=O)N12. The summed E-state index contributed by atoms with van der Waals surface area (Å²) in [6.07, 6.45) is 19.8. The molecule has 0 spiro atoms. The summed E-state index contributed by atoms with van der Waals surface area (Å²) in [7, 11) is 2.28. The molecule has 3 saturated heterocycles. The molecular formula is C31H56N2O2. The summed E-state index contributed by atoms with van der Waals surface area (Å²) in [6, 6.07) is 0.813. The van der Waals surface area contributed by atoms with Gasteiger partial charge < -0.3 is 4.90 Å². The number of fused-ring (bicyclic) bond motifs is 1. The van der Waals surface area contributed by atoms with Gasteiger partial charge in [-0.05, 0) is 76.8 Å². The summed E-state index contributed by atoms with van der Waals surface area (Å²) in [5.74, 6) is 1.14. The highest BCUT2D eigenvalue weighted by molar-refractivity contribution is 6.27. The molecule has 3 rings (SSSR count). The highest BCUT2D eigenvalue weighted by Gasteiger charge is 2.58. The Hall–Kier alpha value is -0.740. The predicted molar refractivity (Wildman–Crippen MR) is 147 cm³/mol. The number of Topliss-reactive ketones (excluding diaryl/α,β-unsaturated/α-hetero) is 1. The van der Waals surface area contributed by atoms with Gasteiger partial charge in [0, 0.05) is 17.6 Å². The molecule has 0 saturated carbocycles. The first-order valence-corrected chi connectivity index (χ1v) is 15.1. The summed E-state index contributed by atoms with van der Waals surface area (Å²) in [5, 5.41) is 0. The number of carbonyl (C=O) groups is 2. The van der Waals surface area contributed by atoms with Gasteiger partial charge in [0.1, 0.15) is 0 Å². The van der Waals surface area contributed by atoms with Gasteiger partial charge in [0.05, 0.1) is 6.04 Å². The van der Waals surface area contributed by atoms with Crippen molar-refractivity contribution < 1.29 is 9.59 Å². The van der Waals surface area contributed by atoms with Crippen molar-refractivity contribution in [1.82, 2.24) is 9.80 Å². The van der Waals surface area contributed by atoms with Crippen LogP contribution in [0.15, 0.2) is 0 Å². The molecule has 4 nitrogen and oxygen atoms in total. The zero-order valence-corrected chi connectivity index (χ0v) is 24.0. The van der Waals surface area contributed by atoms with Crippen LogP contribution in [0.1, 0.15) is 131 Å². The molecule has 3 aliphatic rings. The Morgan fingerprint density at radius 2 is 1.49 bits per heavy atom. The van der Waals surface area contributed by atoms with Crippen molar-refractivity contribution in [2.75, 3.05) is 13.6 Å². The Morgan fingerprint density at radius 1 is 0.886 bits per heavy atom. The third-order valence-electron chi connectivity index (χ3n) is 11.0. The van der Waals surface area contributed by atoms with Crippen molar-refractivity contribution in [3.8, 4) is 0 Å². The van der Waals surface area contributed by atoms with E-state index in [1.807, 2.05) is 0 Å². The highest BCUT2D eigenvalue weighted by atomic mass is 16.2. The first-order chi connectivity index (χ1) is 16.7. The number of unbranched alkanes of at least 4 members (excludes halogenated alkanes) is 9. The maximum atomic E-state index is 12.6. The minimum atomic E-state index is -0.177. The maximum Gasteiger partial charge on any atom is 0.212 e. The minimum absolute atomic E-state index is 0.155. The van der Waals surface area contributed by atoms with Gasteiger partial charge in [0.15, 0.2) is 6.29 Å². The van der Waals surface area contributed by atoms with Gasteiger partial charge in [0.25, 0.3) is 0 Å². The Morgan fingerprint density at radius 3 is 2.09 bits per heavy atom. The molecule has 0 aliphatic carbocycles. The number of aldehydes is 1. The van der Waals surface area contributed by atoms with Crippen molar-refractivity contribution in [3.63, 3.8) is 0 Å².